The van der Waals surface area contributed by atoms with Crippen LogP contribution in [0.4, 0.5) is 20.2 Å². The summed E-state index contributed by atoms with van der Waals surface area (Å²) in [5.74, 6) is -2.77. The molecule has 1 atom stereocenters. The van der Waals surface area contributed by atoms with Crippen LogP contribution in [0.2, 0.25) is 0 Å². The predicted molar refractivity (Wildman–Crippen MR) is 102 cm³/mol. The lowest BCUT2D eigenvalue weighted by Gasteiger charge is -2.30. The topological polar surface area (TPSA) is 66.5 Å². The van der Waals surface area contributed by atoms with Gasteiger partial charge in [-0.3, -0.25) is 9.10 Å². The zero-order valence-corrected chi connectivity index (χ0v) is 16.4. The highest BCUT2D eigenvalue weighted by molar-refractivity contribution is 7.92. The van der Waals surface area contributed by atoms with Crippen molar-refractivity contribution in [2.45, 2.75) is 33.2 Å². The Hall–Kier alpha value is -2.48. The molecule has 2 rings (SSSR count). The molecule has 8 heteroatoms. The summed E-state index contributed by atoms with van der Waals surface area (Å²) in [5, 5.41) is 2.46. The molecular formula is C19H22F2N2O3S. The van der Waals surface area contributed by atoms with Crippen LogP contribution in [0.25, 0.3) is 0 Å². The van der Waals surface area contributed by atoms with Gasteiger partial charge in [0.05, 0.1) is 11.9 Å². The number of hydrogen-bond acceptors (Lipinski definition) is 3. The normalized spacial score (nSPS) is 12.5. The molecule has 2 aromatic carbocycles. The van der Waals surface area contributed by atoms with Gasteiger partial charge in [-0.25, -0.2) is 17.2 Å². The minimum atomic E-state index is -3.78. The maximum absolute atomic E-state index is 13.4. The maximum atomic E-state index is 13.4. The second-order valence-corrected chi connectivity index (χ2v) is 8.31. The average Bonchev–Trinajstić information content (AvgIpc) is 2.53. The van der Waals surface area contributed by atoms with Crippen molar-refractivity contribution in [1.29, 1.82) is 0 Å². The van der Waals surface area contributed by atoms with Crippen molar-refractivity contribution in [3.8, 4) is 0 Å². The third-order valence-corrected chi connectivity index (χ3v) is 5.16. The van der Waals surface area contributed by atoms with Gasteiger partial charge in [-0.2, -0.15) is 0 Å². The van der Waals surface area contributed by atoms with E-state index in [4.69, 9.17) is 0 Å². The first-order chi connectivity index (χ1) is 12.5. The molecular weight excluding hydrogens is 374 g/mol. The lowest BCUT2D eigenvalue weighted by molar-refractivity contribution is -0.117. The zero-order valence-electron chi connectivity index (χ0n) is 15.6. The number of rotatable bonds is 6. The molecule has 146 valence electrons. The van der Waals surface area contributed by atoms with Crippen molar-refractivity contribution in [3.63, 3.8) is 0 Å². The second kappa shape index (κ2) is 8.04. The summed E-state index contributed by atoms with van der Waals surface area (Å²) in [6.45, 7) is 5.34. The summed E-state index contributed by atoms with van der Waals surface area (Å²) in [4.78, 5) is 12.7. The van der Waals surface area contributed by atoms with Gasteiger partial charge in [0.15, 0.2) is 11.6 Å². The van der Waals surface area contributed by atoms with Crippen molar-refractivity contribution in [2.75, 3.05) is 15.9 Å². The smallest absolute Gasteiger partial charge is 0.248 e. The number of sulfonamides is 1. The van der Waals surface area contributed by atoms with E-state index in [9.17, 15) is 22.0 Å². The van der Waals surface area contributed by atoms with Gasteiger partial charge >= 0.3 is 0 Å². The SMILES string of the molecule is CC[C@@H](C(=O)Nc1ccc(F)c(F)c1)N(c1cc(C)cc(C)c1)S(C)(=O)=O. The molecule has 0 aromatic heterocycles. The molecule has 0 heterocycles. The number of aryl methyl sites for hydroxylation is 2. The van der Waals surface area contributed by atoms with E-state index in [2.05, 4.69) is 5.32 Å². The molecule has 0 fully saturated rings. The Balaban J connectivity index is 2.42. The summed E-state index contributed by atoms with van der Waals surface area (Å²) in [6.07, 6.45) is 1.22. The van der Waals surface area contributed by atoms with Gasteiger partial charge in [-0.15, -0.1) is 0 Å². The molecule has 0 aliphatic carbocycles. The lowest BCUT2D eigenvalue weighted by atomic mass is 10.1. The van der Waals surface area contributed by atoms with Crippen LogP contribution < -0.4 is 9.62 Å². The lowest BCUT2D eigenvalue weighted by Crippen LogP contribution is -2.47. The largest absolute Gasteiger partial charge is 0.324 e. The highest BCUT2D eigenvalue weighted by Gasteiger charge is 2.31. The second-order valence-electron chi connectivity index (χ2n) is 6.45. The Morgan fingerprint density at radius 3 is 2.15 bits per heavy atom. The minimum absolute atomic E-state index is 0.0474. The molecule has 0 spiro atoms. The number of nitrogens with one attached hydrogen (secondary N) is 1. The van der Waals surface area contributed by atoms with Crippen LogP contribution in [0.15, 0.2) is 36.4 Å². The molecule has 0 saturated heterocycles. The van der Waals surface area contributed by atoms with E-state index in [-0.39, 0.29) is 12.1 Å². The molecule has 1 amide bonds. The third kappa shape index (κ3) is 5.03. The van der Waals surface area contributed by atoms with Gasteiger partial charge in [-0.05, 0) is 55.7 Å². The fraction of sp³-hybridized carbons (Fsp3) is 0.316. The van der Waals surface area contributed by atoms with Crippen LogP contribution >= 0.6 is 0 Å². The molecule has 0 bridgehead atoms. The van der Waals surface area contributed by atoms with E-state index >= 15 is 0 Å². The minimum Gasteiger partial charge on any atom is -0.324 e. The average molecular weight is 396 g/mol. The summed E-state index contributed by atoms with van der Waals surface area (Å²) >= 11 is 0. The van der Waals surface area contributed by atoms with E-state index in [0.29, 0.717) is 5.69 Å². The number of carbonyl (C=O) groups is 1. The Labute approximate surface area is 158 Å². The fourth-order valence-electron chi connectivity index (χ4n) is 2.94. The van der Waals surface area contributed by atoms with E-state index in [1.54, 1.807) is 19.1 Å². The van der Waals surface area contributed by atoms with Crippen molar-refractivity contribution in [1.82, 2.24) is 0 Å². The van der Waals surface area contributed by atoms with E-state index in [0.717, 1.165) is 33.8 Å². The predicted octanol–water partition coefficient (Wildman–Crippen LogP) is 3.76. The molecule has 1 N–H and O–H groups in total. The van der Waals surface area contributed by atoms with E-state index < -0.39 is 33.6 Å². The molecule has 0 aliphatic rings. The quantitative estimate of drug-likeness (QED) is 0.808. The van der Waals surface area contributed by atoms with Gasteiger partial charge < -0.3 is 5.32 Å². The van der Waals surface area contributed by atoms with Gasteiger partial charge in [0.2, 0.25) is 15.9 Å². The van der Waals surface area contributed by atoms with Crippen LogP contribution in [0, 0.1) is 25.5 Å². The molecule has 0 unspecified atom stereocenters. The number of benzene rings is 2. The summed E-state index contributed by atoms with van der Waals surface area (Å²) in [7, 11) is -3.78. The van der Waals surface area contributed by atoms with Crippen LogP contribution in [0.1, 0.15) is 24.5 Å². The summed E-state index contributed by atoms with van der Waals surface area (Å²) in [5.41, 5.74) is 2.14. The molecule has 27 heavy (non-hydrogen) atoms. The first kappa shape index (κ1) is 20.8. The highest BCUT2D eigenvalue weighted by Crippen LogP contribution is 2.26. The molecule has 2 aromatic rings. The Kier molecular flexibility index (Phi) is 6.20. The number of nitrogens with zero attached hydrogens (tertiary/aromatic N) is 1. The molecule has 0 saturated carbocycles. The number of amides is 1. The number of hydrogen-bond donors (Lipinski definition) is 1. The molecule has 5 nitrogen and oxygen atoms in total. The van der Waals surface area contributed by atoms with Crippen molar-refractivity contribution < 1.29 is 22.0 Å². The van der Waals surface area contributed by atoms with Crippen molar-refractivity contribution in [2.24, 2.45) is 0 Å². The Morgan fingerprint density at radius 2 is 1.67 bits per heavy atom. The fourth-order valence-corrected chi connectivity index (χ4v) is 4.13. The third-order valence-electron chi connectivity index (χ3n) is 3.98. The van der Waals surface area contributed by atoms with Crippen LogP contribution in [0.3, 0.4) is 0 Å². The zero-order chi connectivity index (χ0) is 20.4. The standard InChI is InChI=1S/C19H22F2N2O3S/c1-5-18(19(24)22-14-6-7-16(20)17(21)11-14)23(27(4,25)26)15-9-12(2)8-13(3)10-15/h6-11,18H,5H2,1-4H3,(H,22,24)/t18-/m0/s1. The molecule has 0 radical (unpaired) electrons. The van der Waals surface area contributed by atoms with Gasteiger partial charge in [0.1, 0.15) is 6.04 Å². The monoisotopic (exact) mass is 396 g/mol. The van der Waals surface area contributed by atoms with Crippen LogP contribution in [-0.2, 0) is 14.8 Å². The van der Waals surface area contributed by atoms with Crippen LogP contribution in [-0.4, -0.2) is 26.6 Å². The van der Waals surface area contributed by atoms with Crippen LogP contribution in [0.5, 0.6) is 0 Å². The first-order valence-electron chi connectivity index (χ1n) is 8.36. The maximum Gasteiger partial charge on any atom is 0.248 e. The van der Waals surface area contributed by atoms with Gasteiger partial charge in [0.25, 0.3) is 0 Å². The highest BCUT2D eigenvalue weighted by atomic mass is 32.2. The van der Waals surface area contributed by atoms with E-state index in [1.807, 2.05) is 19.9 Å². The Morgan fingerprint density at radius 1 is 1.07 bits per heavy atom. The number of halogens is 2. The first-order valence-corrected chi connectivity index (χ1v) is 10.2. The summed E-state index contributed by atoms with van der Waals surface area (Å²) in [6, 6.07) is 7.17. The summed E-state index contributed by atoms with van der Waals surface area (Å²) < 4.78 is 52.4. The van der Waals surface area contributed by atoms with Crippen molar-refractivity contribution >= 4 is 27.3 Å². The van der Waals surface area contributed by atoms with Crippen molar-refractivity contribution in [3.05, 3.63) is 59.2 Å². The number of anilines is 2. The van der Waals surface area contributed by atoms with Gasteiger partial charge in [-0.1, -0.05) is 13.0 Å². The number of carbonyl (C=O) groups excluding carboxylic acids is 1. The molecule has 0 aliphatic heterocycles. The van der Waals surface area contributed by atoms with E-state index in [1.165, 1.54) is 6.07 Å². The Bertz CT molecular complexity index is 941. The van der Waals surface area contributed by atoms with Gasteiger partial charge in [0, 0.05) is 11.8 Å².